The first kappa shape index (κ1) is 18.8. The van der Waals surface area contributed by atoms with Crippen LogP contribution < -0.4 is 4.74 Å². The van der Waals surface area contributed by atoms with E-state index < -0.39 is 0 Å². The van der Waals surface area contributed by atoms with Gasteiger partial charge >= 0.3 is 0 Å². The zero-order chi connectivity index (χ0) is 19.8. The van der Waals surface area contributed by atoms with Crippen LogP contribution in [0.3, 0.4) is 0 Å². The van der Waals surface area contributed by atoms with Gasteiger partial charge in [-0.25, -0.2) is 0 Å². The quantitative estimate of drug-likeness (QED) is 0.797. The molecular formula is C22H23ClN2O3. The maximum Gasteiger partial charge on any atom is 0.261 e. The molecule has 1 fully saturated rings. The summed E-state index contributed by atoms with van der Waals surface area (Å²) >= 11 is 6.18. The number of nitrogens with zero attached hydrogens (tertiary/aromatic N) is 2. The van der Waals surface area contributed by atoms with Crippen molar-refractivity contribution in [3.05, 3.63) is 63.7 Å². The number of fused-ring (bicyclic) bond motifs is 3. The highest BCUT2D eigenvalue weighted by molar-refractivity contribution is 6.30. The minimum Gasteiger partial charge on any atom is -0.484 e. The number of piperazine rings is 1. The third kappa shape index (κ3) is 3.59. The van der Waals surface area contributed by atoms with Gasteiger partial charge < -0.3 is 14.5 Å². The minimum absolute atomic E-state index is 0.0265. The average molecular weight is 399 g/mol. The van der Waals surface area contributed by atoms with E-state index in [0.29, 0.717) is 23.9 Å². The second kappa shape index (κ2) is 7.47. The van der Waals surface area contributed by atoms with Crippen molar-refractivity contribution in [2.24, 2.45) is 0 Å². The highest BCUT2D eigenvalue weighted by Gasteiger charge is 2.38. The molecule has 6 heteroatoms. The fourth-order valence-corrected chi connectivity index (χ4v) is 4.10. The second-order valence-corrected chi connectivity index (χ2v) is 7.94. The Morgan fingerprint density at radius 2 is 2.00 bits per heavy atom. The molecule has 0 aromatic heterocycles. The molecule has 2 heterocycles. The summed E-state index contributed by atoms with van der Waals surface area (Å²) in [4.78, 5) is 28.8. The van der Waals surface area contributed by atoms with Crippen LogP contribution in [-0.4, -0.2) is 47.9 Å². The molecule has 0 N–H and O–H groups in total. The highest BCUT2D eigenvalue weighted by Crippen LogP contribution is 2.34. The van der Waals surface area contributed by atoms with Gasteiger partial charge in [-0.15, -0.1) is 0 Å². The fraction of sp³-hybridized carbons (Fsp3) is 0.364. The van der Waals surface area contributed by atoms with Gasteiger partial charge in [-0.05, 0) is 66.8 Å². The van der Waals surface area contributed by atoms with Crippen LogP contribution in [0.4, 0.5) is 0 Å². The predicted molar refractivity (Wildman–Crippen MR) is 108 cm³/mol. The molecule has 5 nitrogen and oxygen atoms in total. The van der Waals surface area contributed by atoms with E-state index in [1.807, 2.05) is 55.1 Å². The molecule has 146 valence electrons. The van der Waals surface area contributed by atoms with E-state index in [1.54, 1.807) is 4.90 Å². The zero-order valence-electron chi connectivity index (χ0n) is 16.1. The Balaban J connectivity index is 1.48. The Hall–Kier alpha value is -2.53. The highest BCUT2D eigenvalue weighted by atomic mass is 35.5. The van der Waals surface area contributed by atoms with E-state index in [4.69, 9.17) is 16.3 Å². The first-order valence-corrected chi connectivity index (χ1v) is 9.86. The molecule has 0 saturated carbocycles. The Labute approximate surface area is 169 Å². The fourth-order valence-electron chi connectivity index (χ4n) is 3.92. The molecule has 1 atom stereocenters. The maximum atomic E-state index is 12.7. The minimum atomic E-state index is -0.180. The average Bonchev–Trinajstić information content (AvgIpc) is 2.68. The summed E-state index contributed by atoms with van der Waals surface area (Å²) < 4.78 is 5.68. The summed E-state index contributed by atoms with van der Waals surface area (Å²) in [5.74, 6) is 0.456. The van der Waals surface area contributed by atoms with Crippen molar-refractivity contribution < 1.29 is 14.3 Å². The lowest BCUT2D eigenvalue weighted by Gasteiger charge is -2.44. The number of halogens is 1. The second-order valence-electron chi connectivity index (χ2n) is 7.51. The normalized spacial score (nSPS) is 18.5. The molecule has 28 heavy (non-hydrogen) atoms. The largest absolute Gasteiger partial charge is 0.484 e. The molecule has 4 rings (SSSR count). The molecule has 1 saturated heterocycles. The molecule has 2 aromatic carbocycles. The van der Waals surface area contributed by atoms with Crippen LogP contribution in [0.2, 0.25) is 5.02 Å². The number of hydrogen-bond acceptors (Lipinski definition) is 3. The van der Waals surface area contributed by atoms with Crippen LogP contribution in [-0.2, 0) is 16.0 Å². The summed E-state index contributed by atoms with van der Waals surface area (Å²) in [6.45, 7) is 5.21. The van der Waals surface area contributed by atoms with Gasteiger partial charge in [0, 0.05) is 18.1 Å². The van der Waals surface area contributed by atoms with Crippen LogP contribution in [0.25, 0.3) is 0 Å². The van der Waals surface area contributed by atoms with Crippen molar-refractivity contribution in [3.8, 4) is 5.75 Å². The molecule has 0 spiro atoms. The van der Waals surface area contributed by atoms with Crippen LogP contribution in [0.1, 0.15) is 28.3 Å². The Kier molecular flexibility index (Phi) is 5.02. The third-order valence-corrected chi connectivity index (χ3v) is 5.93. The third-order valence-electron chi connectivity index (χ3n) is 5.70. The lowest BCUT2D eigenvalue weighted by atomic mass is 9.90. The molecule has 0 aliphatic carbocycles. The topological polar surface area (TPSA) is 49.9 Å². The number of carbonyl (C=O) groups is 2. The smallest absolute Gasteiger partial charge is 0.261 e. The summed E-state index contributed by atoms with van der Waals surface area (Å²) in [5, 5.41) is 0.648. The van der Waals surface area contributed by atoms with Crippen LogP contribution in [0.5, 0.6) is 5.75 Å². The van der Waals surface area contributed by atoms with Gasteiger partial charge in [-0.3, -0.25) is 9.59 Å². The summed E-state index contributed by atoms with van der Waals surface area (Å²) in [6, 6.07) is 11.4. The van der Waals surface area contributed by atoms with Gasteiger partial charge in [0.1, 0.15) is 5.75 Å². The molecule has 0 bridgehead atoms. The monoisotopic (exact) mass is 398 g/mol. The summed E-state index contributed by atoms with van der Waals surface area (Å²) in [7, 11) is 0. The van der Waals surface area contributed by atoms with Crippen molar-refractivity contribution >= 4 is 23.4 Å². The number of carbonyl (C=O) groups excluding carboxylic acids is 2. The van der Waals surface area contributed by atoms with Crippen LogP contribution in [0, 0.1) is 13.8 Å². The van der Waals surface area contributed by atoms with E-state index >= 15 is 0 Å². The van der Waals surface area contributed by atoms with Crippen LogP contribution in [0.15, 0.2) is 36.4 Å². The Morgan fingerprint density at radius 3 is 2.79 bits per heavy atom. The van der Waals surface area contributed by atoms with Crippen molar-refractivity contribution in [2.45, 2.75) is 26.3 Å². The van der Waals surface area contributed by atoms with E-state index in [1.165, 1.54) is 11.1 Å². The lowest BCUT2D eigenvalue weighted by Crippen LogP contribution is -2.56. The molecule has 2 amide bonds. The standard InChI is InChI=1S/C22H23ClN2O3/c1-14-3-6-18(9-15(14)2)28-13-22(27)24-11-20-19-10-17(23)5-4-16(19)7-8-25(20)21(26)12-24/h3-6,9-10,20H,7-8,11-13H2,1-2H3. The van der Waals surface area contributed by atoms with Gasteiger partial charge in [-0.1, -0.05) is 23.7 Å². The summed E-state index contributed by atoms with van der Waals surface area (Å²) in [6.07, 6.45) is 0.818. The number of rotatable bonds is 3. The van der Waals surface area contributed by atoms with Crippen molar-refractivity contribution in [3.63, 3.8) is 0 Å². The van der Waals surface area contributed by atoms with Crippen molar-refractivity contribution in [1.82, 2.24) is 9.80 Å². The number of aryl methyl sites for hydroxylation is 2. The molecule has 2 aromatic rings. The number of amides is 2. The molecule has 2 aliphatic rings. The van der Waals surface area contributed by atoms with Crippen molar-refractivity contribution in [2.75, 3.05) is 26.2 Å². The van der Waals surface area contributed by atoms with Gasteiger partial charge in [0.05, 0.1) is 12.6 Å². The van der Waals surface area contributed by atoms with Gasteiger partial charge in [0.2, 0.25) is 5.91 Å². The summed E-state index contributed by atoms with van der Waals surface area (Å²) in [5.41, 5.74) is 4.53. The lowest BCUT2D eigenvalue weighted by molar-refractivity contribution is -0.150. The first-order chi connectivity index (χ1) is 13.4. The SMILES string of the molecule is Cc1ccc(OCC(=O)N2CC(=O)N3CCc4ccc(Cl)cc4C3C2)cc1C. The van der Waals surface area contributed by atoms with Gasteiger partial charge in [0.15, 0.2) is 6.61 Å². The first-order valence-electron chi connectivity index (χ1n) is 9.48. The van der Waals surface area contributed by atoms with E-state index in [9.17, 15) is 9.59 Å². The number of ether oxygens (including phenoxy) is 1. The molecule has 2 aliphatic heterocycles. The Bertz CT molecular complexity index is 943. The molecular weight excluding hydrogens is 376 g/mol. The van der Waals surface area contributed by atoms with E-state index in [2.05, 4.69) is 0 Å². The number of hydrogen-bond donors (Lipinski definition) is 0. The molecule has 1 unspecified atom stereocenters. The van der Waals surface area contributed by atoms with Gasteiger partial charge in [-0.2, -0.15) is 0 Å². The van der Waals surface area contributed by atoms with E-state index in [0.717, 1.165) is 17.5 Å². The van der Waals surface area contributed by atoms with Gasteiger partial charge in [0.25, 0.3) is 5.91 Å². The van der Waals surface area contributed by atoms with Crippen LogP contribution >= 0.6 is 11.6 Å². The van der Waals surface area contributed by atoms with E-state index in [-0.39, 0.29) is 31.0 Å². The van der Waals surface area contributed by atoms with Crippen molar-refractivity contribution in [1.29, 1.82) is 0 Å². The Morgan fingerprint density at radius 1 is 1.18 bits per heavy atom. The maximum absolute atomic E-state index is 12.7. The zero-order valence-corrected chi connectivity index (χ0v) is 16.8. The predicted octanol–water partition coefficient (Wildman–Crippen LogP) is 3.30. The number of benzene rings is 2. The molecule has 0 radical (unpaired) electrons.